The summed E-state index contributed by atoms with van der Waals surface area (Å²) in [6.45, 7) is 4.22. The Bertz CT molecular complexity index is 173. The molecule has 2 aliphatic rings. The van der Waals surface area contributed by atoms with Crippen LogP contribution in [0.1, 0.15) is 39.5 Å². The van der Waals surface area contributed by atoms with Crippen LogP contribution in [0.2, 0.25) is 0 Å². The highest BCUT2D eigenvalue weighted by atomic mass is 16.5. The molecule has 2 fully saturated rings. The maximum Gasteiger partial charge on any atom is 0.0609 e. The van der Waals surface area contributed by atoms with E-state index in [0.29, 0.717) is 12.2 Å². The third-order valence-corrected chi connectivity index (χ3v) is 3.02. The fourth-order valence-corrected chi connectivity index (χ4v) is 2.63. The molecule has 2 N–H and O–H groups in total. The quantitative estimate of drug-likeness (QED) is 0.682. The van der Waals surface area contributed by atoms with Gasteiger partial charge in [-0.3, -0.25) is 0 Å². The van der Waals surface area contributed by atoms with Gasteiger partial charge in [-0.05, 0) is 45.4 Å². The van der Waals surface area contributed by atoms with Crippen LogP contribution in [-0.2, 0) is 4.74 Å². The number of fused-ring (bicyclic) bond motifs is 2. The van der Waals surface area contributed by atoms with Crippen molar-refractivity contribution in [3.63, 3.8) is 0 Å². The molecule has 0 aromatic rings. The molecule has 2 saturated heterocycles. The van der Waals surface area contributed by atoms with E-state index in [1.165, 1.54) is 19.3 Å². The lowest BCUT2D eigenvalue weighted by atomic mass is 9.81. The molecule has 0 amide bonds. The highest BCUT2D eigenvalue weighted by Gasteiger charge is 2.41. The smallest absolute Gasteiger partial charge is 0.0609 e. The van der Waals surface area contributed by atoms with E-state index in [-0.39, 0.29) is 5.54 Å². The normalized spacial score (nSPS) is 40.8. The summed E-state index contributed by atoms with van der Waals surface area (Å²) in [5, 5.41) is 0. The fourth-order valence-electron chi connectivity index (χ4n) is 2.63. The van der Waals surface area contributed by atoms with E-state index in [1.54, 1.807) is 0 Å². The molecule has 0 aromatic carbocycles. The van der Waals surface area contributed by atoms with E-state index < -0.39 is 0 Å². The molecule has 2 aliphatic heterocycles. The largest absolute Gasteiger partial charge is 0.375 e. The number of hydrogen-bond donors (Lipinski definition) is 1. The van der Waals surface area contributed by atoms with Crippen molar-refractivity contribution in [1.29, 1.82) is 0 Å². The van der Waals surface area contributed by atoms with Crippen LogP contribution in [0.15, 0.2) is 0 Å². The first-order chi connectivity index (χ1) is 5.54. The summed E-state index contributed by atoms with van der Waals surface area (Å²) in [5.41, 5.74) is 5.98. The molecule has 12 heavy (non-hydrogen) atoms. The van der Waals surface area contributed by atoms with Crippen molar-refractivity contribution in [3.05, 3.63) is 0 Å². The van der Waals surface area contributed by atoms with Gasteiger partial charge in [0, 0.05) is 5.54 Å². The summed E-state index contributed by atoms with van der Waals surface area (Å²) in [6.07, 6.45) is 6.04. The van der Waals surface area contributed by atoms with Gasteiger partial charge in [-0.25, -0.2) is 0 Å². The first kappa shape index (κ1) is 8.52. The third-order valence-electron chi connectivity index (χ3n) is 3.02. The molecule has 2 bridgehead atoms. The Labute approximate surface area is 74.5 Å². The van der Waals surface area contributed by atoms with Gasteiger partial charge < -0.3 is 10.5 Å². The van der Waals surface area contributed by atoms with Crippen molar-refractivity contribution < 1.29 is 4.74 Å². The minimum atomic E-state index is -0.0154. The average Bonchev–Trinajstić information content (AvgIpc) is 2.42. The molecule has 3 unspecified atom stereocenters. The molecular weight excluding hydrogens is 150 g/mol. The Morgan fingerprint density at radius 2 is 2.17 bits per heavy atom. The van der Waals surface area contributed by atoms with E-state index in [0.717, 1.165) is 12.3 Å². The Morgan fingerprint density at radius 3 is 2.58 bits per heavy atom. The van der Waals surface area contributed by atoms with Gasteiger partial charge in [0.05, 0.1) is 12.2 Å². The van der Waals surface area contributed by atoms with Crippen molar-refractivity contribution in [2.45, 2.75) is 57.3 Å². The number of nitrogens with two attached hydrogens (primary N) is 1. The zero-order valence-electron chi connectivity index (χ0n) is 8.05. The molecule has 0 aromatic heterocycles. The standard InChI is InChI=1S/C10H19NO/c1-10(2,11)6-7-5-8-3-4-9(7)12-8/h7-9H,3-6,11H2,1-2H3. The second kappa shape index (κ2) is 2.71. The molecule has 2 rings (SSSR count). The predicted molar refractivity (Wildman–Crippen MR) is 48.9 cm³/mol. The molecule has 2 heterocycles. The first-order valence-corrected chi connectivity index (χ1v) is 4.99. The van der Waals surface area contributed by atoms with Crippen molar-refractivity contribution in [2.75, 3.05) is 0 Å². The number of rotatable bonds is 2. The van der Waals surface area contributed by atoms with Gasteiger partial charge in [0.2, 0.25) is 0 Å². The molecule has 2 heteroatoms. The summed E-state index contributed by atoms with van der Waals surface area (Å²) in [7, 11) is 0. The lowest BCUT2D eigenvalue weighted by Gasteiger charge is -2.26. The maximum absolute atomic E-state index is 5.99. The van der Waals surface area contributed by atoms with Crippen LogP contribution < -0.4 is 5.73 Å². The second-order valence-corrected chi connectivity index (χ2v) is 5.06. The van der Waals surface area contributed by atoms with Crippen molar-refractivity contribution in [3.8, 4) is 0 Å². The Morgan fingerprint density at radius 1 is 1.42 bits per heavy atom. The molecule has 2 nitrogen and oxygen atoms in total. The van der Waals surface area contributed by atoms with E-state index in [4.69, 9.17) is 10.5 Å². The van der Waals surface area contributed by atoms with Gasteiger partial charge in [-0.2, -0.15) is 0 Å². The van der Waals surface area contributed by atoms with Crippen LogP contribution in [0.3, 0.4) is 0 Å². The summed E-state index contributed by atoms with van der Waals surface area (Å²) < 4.78 is 5.78. The highest BCUT2D eigenvalue weighted by molar-refractivity contribution is 4.92. The van der Waals surface area contributed by atoms with Gasteiger partial charge in [0.25, 0.3) is 0 Å². The Hall–Kier alpha value is -0.0800. The van der Waals surface area contributed by atoms with Crippen LogP contribution in [0, 0.1) is 5.92 Å². The zero-order chi connectivity index (χ0) is 8.77. The predicted octanol–water partition coefficient (Wildman–Crippen LogP) is 1.68. The van der Waals surface area contributed by atoms with Crippen LogP contribution in [0.25, 0.3) is 0 Å². The van der Waals surface area contributed by atoms with Gasteiger partial charge in [0.1, 0.15) is 0 Å². The molecule has 0 saturated carbocycles. The monoisotopic (exact) mass is 169 g/mol. The average molecular weight is 169 g/mol. The van der Waals surface area contributed by atoms with Crippen LogP contribution >= 0.6 is 0 Å². The lowest BCUT2D eigenvalue weighted by Crippen LogP contribution is -2.36. The summed E-state index contributed by atoms with van der Waals surface area (Å²) >= 11 is 0. The second-order valence-electron chi connectivity index (χ2n) is 5.06. The van der Waals surface area contributed by atoms with E-state index in [1.807, 2.05) is 0 Å². The third kappa shape index (κ3) is 1.64. The number of ether oxygens (including phenoxy) is 1. The first-order valence-electron chi connectivity index (χ1n) is 4.99. The summed E-state index contributed by atoms with van der Waals surface area (Å²) in [5.74, 6) is 0.740. The minimum absolute atomic E-state index is 0.0154. The Balaban J connectivity index is 1.91. The number of hydrogen-bond acceptors (Lipinski definition) is 2. The maximum atomic E-state index is 5.99. The Kier molecular flexibility index (Phi) is 1.92. The SMILES string of the molecule is CC(C)(N)CC1CC2CCC1O2. The summed E-state index contributed by atoms with van der Waals surface area (Å²) in [6, 6.07) is 0. The van der Waals surface area contributed by atoms with Crippen LogP contribution in [0.5, 0.6) is 0 Å². The zero-order valence-corrected chi connectivity index (χ0v) is 8.05. The molecule has 0 spiro atoms. The van der Waals surface area contributed by atoms with Crippen molar-refractivity contribution in [2.24, 2.45) is 11.7 Å². The lowest BCUT2D eigenvalue weighted by molar-refractivity contribution is 0.0880. The highest BCUT2D eigenvalue weighted by Crippen LogP contribution is 2.41. The molecular formula is C10H19NO. The van der Waals surface area contributed by atoms with Crippen LogP contribution in [-0.4, -0.2) is 17.7 Å². The molecule has 70 valence electrons. The molecule has 0 aliphatic carbocycles. The molecule has 0 radical (unpaired) electrons. The van der Waals surface area contributed by atoms with Crippen LogP contribution in [0.4, 0.5) is 0 Å². The van der Waals surface area contributed by atoms with E-state index in [2.05, 4.69) is 13.8 Å². The van der Waals surface area contributed by atoms with Gasteiger partial charge in [0.15, 0.2) is 0 Å². The summed E-state index contributed by atoms with van der Waals surface area (Å²) in [4.78, 5) is 0. The minimum Gasteiger partial charge on any atom is -0.375 e. The fraction of sp³-hybridized carbons (Fsp3) is 1.00. The van der Waals surface area contributed by atoms with Gasteiger partial charge in [-0.15, -0.1) is 0 Å². The van der Waals surface area contributed by atoms with Crippen molar-refractivity contribution >= 4 is 0 Å². The van der Waals surface area contributed by atoms with E-state index in [9.17, 15) is 0 Å². The van der Waals surface area contributed by atoms with Gasteiger partial charge in [-0.1, -0.05) is 0 Å². The van der Waals surface area contributed by atoms with Crippen molar-refractivity contribution in [1.82, 2.24) is 0 Å². The van der Waals surface area contributed by atoms with Gasteiger partial charge >= 0.3 is 0 Å². The molecule has 3 atom stereocenters. The van der Waals surface area contributed by atoms with E-state index >= 15 is 0 Å². The topological polar surface area (TPSA) is 35.2 Å².